The van der Waals surface area contributed by atoms with Gasteiger partial charge in [-0.1, -0.05) is 30.3 Å². The van der Waals surface area contributed by atoms with Gasteiger partial charge in [0, 0.05) is 6.20 Å². The fourth-order valence-corrected chi connectivity index (χ4v) is 1.86. The number of aromatic amines is 1. The minimum Gasteiger partial charge on any atom is -0.480 e. The molecule has 0 spiro atoms. The van der Waals surface area contributed by atoms with Crippen molar-refractivity contribution in [3.05, 3.63) is 48.3 Å². The number of hydrogen-bond donors (Lipinski definition) is 4. The molecule has 0 unspecified atom stereocenters. The molecule has 7 heteroatoms. The Labute approximate surface area is 121 Å². The molecule has 0 saturated heterocycles. The Morgan fingerprint density at radius 1 is 1.29 bits per heavy atom. The summed E-state index contributed by atoms with van der Waals surface area (Å²) in [5, 5.41) is 20.3. The van der Waals surface area contributed by atoms with Crippen LogP contribution in [0.25, 0.3) is 0 Å². The minimum atomic E-state index is -1.06. The van der Waals surface area contributed by atoms with E-state index in [2.05, 4.69) is 20.8 Å². The lowest BCUT2D eigenvalue weighted by atomic mass is 10.1. The zero-order chi connectivity index (χ0) is 15.1. The second kappa shape index (κ2) is 7.09. The molecule has 2 aromatic rings. The van der Waals surface area contributed by atoms with Gasteiger partial charge in [-0.2, -0.15) is 5.10 Å². The maximum absolute atomic E-state index is 11.7. The van der Waals surface area contributed by atoms with E-state index >= 15 is 0 Å². The Bertz CT molecular complexity index is 584. The lowest BCUT2D eigenvalue weighted by molar-refractivity contribution is -0.139. The molecule has 1 heterocycles. The van der Waals surface area contributed by atoms with Gasteiger partial charge in [0.25, 0.3) is 0 Å². The van der Waals surface area contributed by atoms with Crippen molar-refractivity contribution in [2.45, 2.75) is 18.9 Å². The predicted octanol–water partition coefficient (Wildman–Crippen LogP) is 1.62. The van der Waals surface area contributed by atoms with Gasteiger partial charge in [0.1, 0.15) is 6.04 Å². The highest BCUT2D eigenvalue weighted by molar-refractivity contribution is 5.91. The molecule has 2 amide bonds. The molecule has 0 saturated carbocycles. The molecule has 2 rings (SSSR count). The zero-order valence-corrected chi connectivity index (χ0v) is 11.2. The van der Waals surface area contributed by atoms with E-state index in [1.807, 2.05) is 30.3 Å². The number of nitrogens with zero attached hydrogens (tertiary/aromatic N) is 1. The Hall–Kier alpha value is -2.83. The number of carboxylic acid groups (broad SMARTS) is 1. The molecule has 0 aliphatic heterocycles. The summed E-state index contributed by atoms with van der Waals surface area (Å²) < 4.78 is 0. The number of urea groups is 1. The molecule has 7 nitrogen and oxygen atoms in total. The minimum absolute atomic E-state index is 0.318. The van der Waals surface area contributed by atoms with Crippen LogP contribution < -0.4 is 10.6 Å². The molecule has 0 fully saturated rings. The summed E-state index contributed by atoms with van der Waals surface area (Å²) in [5.41, 5.74) is 1.50. The van der Waals surface area contributed by atoms with Gasteiger partial charge in [-0.05, 0) is 18.4 Å². The van der Waals surface area contributed by atoms with Gasteiger partial charge in [-0.3, -0.25) is 5.10 Å². The molecule has 0 bridgehead atoms. The molecular weight excluding hydrogens is 272 g/mol. The summed E-state index contributed by atoms with van der Waals surface area (Å²) in [6.45, 7) is 0. The first kappa shape index (κ1) is 14.6. The zero-order valence-electron chi connectivity index (χ0n) is 11.2. The number of aryl methyl sites for hydroxylation is 1. The number of nitrogens with one attached hydrogen (secondary N) is 3. The summed E-state index contributed by atoms with van der Waals surface area (Å²) in [7, 11) is 0. The maximum atomic E-state index is 11.7. The third-order valence-electron chi connectivity index (χ3n) is 2.92. The van der Waals surface area contributed by atoms with Crippen LogP contribution in [-0.2, 0) is 11.2 Å². The van der Waals surface area contributed by atoms with Crippen molar-refractivity contribution >= 4 is 17.7 Å². The summed E-state index contributed by atoms with van der Waals surface area (Å²) in [6.07, 6.45) is 3.82. The van der Waals surface area contributed by atoms with Crippen LogP contribution >= 0.6 is 0 Å². The first-order chi connectivity index (χ1) is 10.1. The fraction of sp³-hybridized carbons (Fsp3) is 0.214. The summed E-state index contributed by atoms with van der Waals surface area (Å²) in [5.74, 6) is -1.06. The van der Waals surface area contributed by atoms with Crippen LogP contribution in [0.4, 0.5) is 10.5 Å². The smallest absolute Gasteiger partial charge is 0.326 e. The quantitative estimate of drug-likeness (QED) is 0.647. The van der Waals surface area contributed by atoms with E-state index in [9.17, 15) is 9.59 Å². The van der Waals surface area contributed by atoms with E-state index < -0.39 is 18.0 Å². The van der Waals surface area contributed by atoms with Crippen molar-refractivity contribution in [3.8, 4) is 0 Å². The van der Waals surface area contributed by atoms with E-state index in [0.29, 0.717) is 18.5 Å². The largest absolute Gasteiger partial charge is 0.480 e. The number of carboxylic acids is 1. The van der Waals surface area contributed by atoms with Crippen LogP contribution in [0.1, 0.15) is 12.0 Å². The van der Waals surface area contributed by atoms with Crippen LogP contribution in [-0.4, -0.2) is 33.3 Å². The van der Waals surface area contributed by atoms with Crippen molar-refractivity contribution in [2.24, 2.45) is 0 Å². The number of aliphatic carboxylic acids is 1. The number of carbonyl (C=O) groups is 2. The van der Waals surface area contributed by atoms with E-state index in [1.54, 1.807) is 0 Å². The molecule has 0 radical (unpaired) electrons. The molecular formula is C14H16N4O3. The topological polar surface area (TPSA) is 107 Å². The standard InChI is InChI=1S/C14H16N4O3/c19-13(20)12(7-6-10-4-2-1-3-5-10)18-14(21)17-11-8-15-16-9-11/h1-5,8-9,12H,6-7H2,(H,15,16)(H,19,20)(H2,17,18,21)/t12-/m0/s1. The van der Waals surface area contributed by atoms with Crippen molar-refractivity contribution in [2.75, 3.05) is 5.32 Å². The van der Waals surface area contributed by atoms with Crippen LogP contribution in [0.3, 0.4) is 0 Å². The molecule has 1 aromatic carbocycles. The Morgan fingerprint density at radius 2 is 2.05 bits per heavy atom. The normalized spacial score (nSPS) is 11.6. The van der Waals surface area contributed by atoms with E-state index in [0.717, 1.165) is 5.56 Å². The summed E-state index contributed by atoms with van der Waals surface area (Å²) >= 11 is 0. The van der Waals surface area contributed by atoms with Crippen molar-refractivity contribution in [1.29, 1.82) is 0 Å². The first-order valence-corrected chi connectivity index (χ1v) is 6.48. The van der Waals surface area contributed by atoms with Gasteiger partial charge < -0.3 is 15.7 Å². The van der Waals surface area contributed by atoms with Crippen molar-refractivity contribution < 1.29 is 14.7 Å². The van der Waals surface area contributed by atoms with Gasteiger partial charge >= 0.3 is 12.0 Å². The van der Waals surface area contributed by atoms with E-state index in [-0.39, 0.29) is 0 Å². The number of amides is 2. The Balaban J connectivity index is 1.87. The number of rotatable bonds is 6. The maximum Gasteiger partial charge on any atom is 0.326 e. The average Bonchev–Trinajstić information content (AvgIpc) is 2.97. The molecule has 1 atom stereocenters. The molecule has 110 valence electrons. The van der Waals surface area contributed by atoms with Gasteiger partial charge in [0.2, 0.25) is 0 Å². The predicted molar refractivity (Wildman–Crippen MR) is 76.9 cm³/mol. The Kier molecular flexibility index (Phi) is 4.92. The summed E-state index contributed by atoms with van der Waals surface area (Å²) in [4.78, 5) is 22.9. The molecule has 0 aliphatic carbocycles. The van der Waals surface area contributed by atoms with Crippen LogP contribution in [0.5, 0.6) is 0 Å². The summed E-state index contributed by atoms with van der Waals surface area (Å²) in [6, 6.07) is 8.01. The molecule has 21 heavy (non-hydrogen) atoms. The number of hydrogen-bond acceptors (Lipinski definition) is 3. The number of anilines is 1. The highest BCUT2D eigenvalue weighted by atomic mass is 16.4. The Morgan fingerprint density at radius 3 is 2.67 bits per heavy atom. The third-order valence-corrected chi connectivity index (χ3v) is 2.92. The van der Waals surface area contributed by atoms with Crippen LogP contribution in [0.2, 0.25) is 0 Å². The third kappa shape index (κ3) is 4.64. The second-order valence-electron chi connectivity index (χ2n) is 4.50. The molecule has 4 N–H and O–H groups in total. The van der Waals surface area contributed by atoms with Gasteiger partial charge in [0.15, 0.2) is 0 Å². The number of carbonyl (C=O) groups excluding carboxylic acids is 1. The lowest BCUT2D eigenvalue weighted by Crippen LogP contribution is -2.43. The van der Waals surface area contributed by atoms with Crippen LogP contribution in [0, 0.1) is 0 Å². The van der Waals surface area contributed by atoms with Crippen molar-refractivity contribution in [1.82, 2.24) is 15.5 Å². The number of benzene rings is 1. The van der Waals surface area contributed by atoms with E-state index in [1.165, 1.54) is 12.4 Å². The van der Waals surface area contributed by atoms with Gasteiger partial charge in [-0.25, -0.2) is 9.59 Å². The van der Waals surface area contributed by atoms with Crippen LogP contribution in [0.15, 0.2) is 42.7 Å². The lowest BCUT2D eigenvalue weighted by Gasteiger charge is -2.14. The highest BCUT2D eigenvalue weighted by Crippen LogP contribution is 2.06. The monoisotopic (exact) mass is 288 g/mol. The van der Waals surface area contributed by atoms with E-state index in [4.69, 9.17) is 5.11 Å². The van der Waals surface area contributed by atoms with Gasteiger partial charge in [0.05, 0.1) is 11.9 Å². The SMILES string of the molecule is O=C(Nc1cn[nH]c1)N[C@@H](CCc1ccccc1)C(=O)O. The fourth-order valence-electron chi connectivity index (χ4n) is 1.86. The number of aromatic nitrogens is 2. The first-order valence-electron chi connectivity index (χ1n) is 6.48. The van der Waals surface area contributed by atoms with Crippen molar-refractivity contribution in [3.63, 3.8) is 0 Å². The highest BCUT2D eigenvalue weighted by Gasteiger charge is 2.19. The molecule has 0 aliphatic rings. The van der Waals surface area contributed by atoms with Gasteiger partial charge in [-0.15, -0.1) is 0 Å². The molecule has 1 aromatic heterocycles. The number of H-pyrrole nitrogens is 1. The average molecular weight is 288 g/mol. The second-order valence-corrected chi connectivity index (χ2v) is 4.50.